The predicted molar refractivity (Wildman–Crippen MR) is 173 cm³/mol. The highest BCUT2D eigenvalue weighted by atomic mass is 16.3. The summed E-state index contributed by atoms with van der Waals surface area (Å²) in [6, 6.07) is 22.7. The fourth-order valence-corrected chi connectivity index (χ4v) is 5.69. The van der Waals surface area contributed by atoms with Gasteiger partial charge >= 0.3 is 0 Å². The van der Waals surface area contributed by atoms with Crippen molar-refractivity contribution in [2.45, 2.75) is 37.8 Å². The Morgan fingerprint density at radius 1 is 0.814 bits per heavy atom. The number of aliphatic hydroxyl groups is 1. The quantitative estimate of drug-likeness (QED) is 0.274. The molecule has 6 rings (SSSR count). The van der Waals surface area contributed by atoms with Crippen molar-refractivity contribution < 1.29 is 14.7 Å². The van der Waals surface area contributed by atoms with Crippen molar-refractivity contribution in [3.05, 3.63) is 114 Å². The molecule has 2 heterocycles. The number of benzene rings is 3. The average molecular weight is 576 g/mol. The number of rotatable bonds is 7. The standard InChI is InChI=1S/C35H37N5O3/c1-35-19-15-25(23-26(35)16-20-39(35)2)34(43)38-30-11-7-28(8-12-30)36-27-5-9-29(10-6-27)37-33(42)24-3-13-31(14-4-24)40-21-17-32(41)18-22-40/h3-16,20,23,32,36,41H,17-19,21-22H2,1-2H3,(H,37,42)(H,38,43). The molecule has 8 heteroatoms. The van der Waals surface area contributed by atoms with Crippen LogP contribution in [0.5, 0.6) is 0 Å². The van der Waals surface area contributed by atoms with Crippen LogP contribution in [0.3, 0.4) is 0 Å². The highest BCUT2D eigenvalue weighted by Gasteiger charge is 2.36. The Hall–Kier alpha value is -4.82. The van der Waals surface area contributed by atoms with Crippen molar-refractivity contribution in [3.8, 4) is 0 Å². The van der Waals surface area contributed by atoms with Gasteiger partial charge in [-0.25, -0.2) is 0 Å². The molecule has 0 saturated carbocycles. The van der Waals surface area contributed by atoms with E-state index >= 15 is 0 Å². The molecule has 3 aromatic carbocycles. The lowest BCUT2D eigenvalue weighted by molar-refractivity contribution is -0.112. The highest BCUT2D eigenvalue weighted by Crippen LogP contribution is 2.38. The molecule has 0 bridgehead atoms. The molecular weight excluding hydrogens is 538 g/mol. The van der Waals surface area contributed by atoms with E-state index in [-0.39, 0.29) is 23.5 Å². The van der Waals surface area contributed by atoms with E-state index in [4.69, 9.17) is 0 Å². The maximum atomic E-state index is 12.9. The Balaban J connectivity index is 0.999. The van der Waals surface area contributed by atoms with Crippen LogP contribution < -0.4 is 20.9 Å². The highest BCUT2D eigenvalue weighted by molar-refractivity contribution is 6.06. The molecular formula is C35H37N5O3. The van der Waals surface area contributed by atoms with E-state index in [1.165, 1.54) is 0 Å². The number of piperidine rings is 1. The van der Waals surface area contributed by atoms with Crippen LogP contribution in [0.2, 0.25) is 0 Å². The van der Waals surface area contributed by atoms with Crippen molar-refractivity contribution in [3.63, 3.8) is 0 Å². The molecule has 3 aliphatic rings. The topological polar surface area (TPSA) is 96.9 Å². The summed E-state index contributed by atoms with van der Waals surface area (Å²) >= 11 is 0. The number of carbonyl (C=O) groups excluding carboxylic acids is 2. The fraction of sp³-hybridized carbons (Fsp3) is 0.257. The third kappa shape index (κ3) is 6.20. The summed E-state index contributed by atoms with van der Waals surface area (Å²) in [5.74, 6) is -0.283. The van der Waals surface area contributed by atoms with Gasteiger partial charge in [0, 0.05) is 59.7 Å². The maximum absolute atomic E-state index is 12.9. The number of hydrogen-bond donors (Lipinski definition) is 4. The lowest BCUT2D eigenvalue weighted by atomic mass is 9.83. The third-order valence-corrected chi connectivity index (χ3v) is 8.70. The second-order valence-corrected chi connectivity index (χ2v) is 11.6. The first-order valence-electron chi connectivity index (χ1n) is 14.7. The molecule has 0 aromatic heterocycles. The van der Waals surface area contributed by atoms with Crippen LogP contribution in [-0.4, -0.2) is 53.6 Å². The van der Waals surface area contributed by atoms with Crippen LogP contribution in [-0.2, 0) is 4.79 Å². The van der Waals surface area contributed by atoms with Gasteiger partial charge in [-0.1, -0.05) is 6.08 Å². The molecule has 220 valence electrons. The molecule has 1 unspecified atom stereocenters. The van der Waals surface area contributed by atoms with Crippen LogP contribution in [0.1, 0.15) is 36.5 Å². The van der Waals surface area contributed by atoms with Gasteiger partial charge in [0.1, 0.15) is 0 Å². The number of fused-ring (bicyclic) bond motifs is 1. The monoisotopic (exact) mass is 575 g/mol. The summed E-state index contributed by atoms with van der Waals surface area (Å²) in [5, 5.41) is 19.0. The van der Waals surface area contributed by atoms with Crippen molar-refractivity contribution in [1.82, 2.24) is 4.90 Å². The lowest BCUT2D eigenvalue weighted by Crippen LogP contribution is -2.39. The summed E-state index contributed by atoms with van der Waals surface area (Å²) in [5.41, 5.74) is 6.60. The van der Waals surface area contributed by atoms with Gasteiger partial charge < -0.3 is 30.9 Å². The lowest BCUT2D eigenvalue weighted by Gasteiger charge is -2.36. The number of anilines is 5. The zero-order valence-electron chi connectivity index (χ0n) is 24.5. The molecule has 1 atom stereocenters. The second kappa shape index (κ2) is 11.8. The molecule has 0 radical (unpaired) electrons. The molecule has 0 spiro atoms. The number of nitrogens with zero attached hydrogens (tertiary/aromatic N) is 2. The normalized spacial score (nSPS) is 19.8. The summed E-state index contributed by atoms with van der Waals surface area (Å²) < 4.78 is 0. The Morgan fingerprint density at radius 2 is 1.37 bits per heavy atom. The molecule has 1 aliphatic carbocycles. The largest absolute Gasteiger partial charge is 0.393 e. The zero-order chi connectivity index (χ0) is 30.0. The van der Waals surface area contributed by atoms with Gasteiger partial charge in [-0.3, -0.25) is 9.59 Å². The second-order valence-electron chi connectivity index (χ2n) is 11.6. The first-order chi connectivity index (χ1) is 20.8. The average Bonchev–Trinajstić information content (AvgIpc) is 3.32. The van der Waals surface area contributed by atoms with Crippen molar-refractivity contribution in [2.75, 3.05) is 41.0 Å². The number of likely N-dealkylation sites (N-methyl/N-ethyl adjacent to an activating group) is 1. The van der Waals surface area contributed by atoms with E-state index in [1.807, 2.05) is 84.9 Å². The molecule has 4 N–H and O–H groups in total. The van der Waals surface area contributed by atoms with E-state index in [9.17, 15) is 14.7 Å². The van der Waals surface area contributed by atoms with Crippen LogP contribution in [0.25, 0.3) is 0 Å². The molecule has 43 heavy (non-hydrogen) atoms. The van der Waals surface area contributed by atoms with E-state index < -0.39 is 0 Å². The van der Waals surface area contributed by atoms with Crippen molar-refractivity contribution in [2.24, 2.45) is 0 Å². The number of amides is 2. The Bertz CT molecular complexity index is 1580. The summed E-state index contributed by atoms with van der Waals surface area (Å²) in [4.78, 5) is 30.1. The molecule has 3 aromatic rings. The Morgan fingerprint density at radius 3 is 1.98 bits per heavy atom. The number of carbonyl (C=O) groups is 2. The van der Waals surface area contributed by atoms with Gasteiger partial charge in [-0.15, -0.1) is 0 Å². The molecule has 1 saturated heterocycles. The van der Waals surface area contributed by atoms with Crippen LogP contribution in [0.4, 0.5) is 28.4 Å². The minimum atomic E-state index is -0.213. The van der Waals surface area contributed by atoms with Crippen LogP contribution in [0.15, 0.2) is 108 Å². The zero-order valence-corrected chi connectivity index (χ0v) is 24.5. The summed E-state index contributed by atoms with van der Waals surface area (Å²) in [6.45, 7) is 3.82. The Labute approximate surface area is 252 Å². The molecule has 2 amide bonds. The van der Waals surface area contributed by atoms with Gasteiger partial charge in [-0.05, 0) is 123 Å². The predicted octanol–water partition coefficient (Wildman–Crippen LogP) is 6.06. The van der Waals surface area contributed by atoms with E-state index in [0.29, 0.717) is 16.8 Å². The van der Waals surface area contributed by atoms with Crippen LogP contribution in [0, 0.1) is 0 Å². The van der Waals surface area contributed by atoms with Crippen molar-refractivity contribution in [1.29, 1.82) is 0 Å². The number of hydrogen-bond acceptors (Lipinski definition) is 6. The smallest absolute Gasteiger partial charge is 0.255 e. The van der Waals surface area contributed by atoms with Gasteiger partial charge in [0.15, 0.2) is 0 Å². The molecule has 1 fully saturated rings. The molecule has 2 aliphatic heterocycles. The first-order valence-corrected chi connectivity index (χ1v) is 14.7. The SMILES string of the molecule is CN1C=CC2=CC(C(=O)Nc3ccc(Nc4ccc(NC(=O)c5ccc(N6CCC(O)CC6)cc5)cc4)cc3)=CCC21C. The number of aliphatic hydroxyl groups excluding tert-OH is 1. The molecule has 8 nitrogen and oxygen atoms in total. The Kier molecular flexibility index (Phi) is 7.78. The van der Waals surface area contributed by atoms with Crippen LogP contribution >= 0.6 is 0 Å². The van der Waals surface area contributed by atoms with Gasteiger partial charge in [0.05, 0.1) is 11.6 Å². The minimum Gasteiger partial charge on any atom is -0.393 e. The number of nitrogens with one attached hydrogen (secondary N) is 3. The fourth-order valence-electron chi connectivity index (χ4n) is 5.69. The minimum absolute atomic E-state index is 0.0764. The summed E-state index contributed by atoms with van der Waals surface area (Å²) in [6.07, 6.45) is 10.2. The third-order valence-electron chi connectivity index (χ3n) is 8.70. The van der Waals surface area contributed by atoms with E-state index in [1.54, 1.807) is 0 Å². The van der Waals surface area contributed by atoms with E-state index in [0.717, 1.165) is 60.7 Å². The van der Waals surface area contributed by atoms with Crippen molar-refractivity contribution >= 4 is 40.3 Å². The van der Waals surface area contributed by atoms with E-state index in [2.05, 4.69) is 52.0 Å². The first kappa shape index (κ1) is 28.3. The van der Waals surface area contributed by atoms with Gasteiger partial charge in [0.25, 0.3) is 11.8 Å². The maximum Gasteiger partial charge on any atom is 0.255 e. The van der Waals surface area contributed by atoms with Gasteiger partial charge in [-0.2, -0.15) is 0 Å². The summed E-state index contributed by atoms with van der Waals surface area (Å²) in [7, 11) is 2.06. The van der Waals surface area contributed by atoms with Gasteiger partial charge in [0.2, 0.25) is 0 Å².